The predicted molar refractivity (Wildman–Crippen MR) is 91.6 cm³/mol. The second kappa shape index (κ2) is 6.67. The van der Waals surface area contributed by atoms with Crippen molar-refractivity contribution in [3.05, 3.63) is 22.0 Å². The van der Waals surface area contributed by atoms with Crippen LogP contribution in [-0.4, -0.2) is 47.3 Å². The second-order valence-corrected chi connectivity index (χ2v) is 7.57. The smallest absolute Gasteiger partial charge is 0.267 e. The largest absolute Gasteiger partial charge is 0.485 e. The van der Waals surface area contributed by atoms with Crippen molar-refractivity contribution in [1.29, 1.82) is 0 Å². The number of rotatable bonds is 3. The summed E-state index contributed by atoms with van der Waals surface area (Å²) in [5.41, 5.74) is 0. The third-order valence-electron chi connectivity index (χ3n) is 4.53. The topological polar surface area (TPSA) is 77.7 Å². The molecule has 2 aromatic rings. The first kappa shape index (κ1) is 16.4. The van der Waals surface area contributed by atoms with Gasteiger partial charge in [-0.1, -0.05) is 19.0 Å². The second-order valence-electron chi connectivity index (χ2n) is 6.69. The molecule has 134 valence electrons. The van der Waals surface area contributed by atoms with Crippen molar-refractivity contribution in [2.75, 3.05) is 26.3 Å². The van der Waals surface area contributed by atoms with Gasteiger partial charge in [0.1, 0.15) is 18.1 Å². The molecule has 0 radical (unpaired) electrons. The average Bonchev–Trinajstić information content (AvgIpc) is 3.28. The Balaban J connectivity index is 1.50. The van der Waals surface area contributed by atoms with Gasteiger partial charge in [0.25, 0.3) is 5.91 Å². The Hall–Kier alpha value is -2.09. The van der Waals surface area contributed by atoms with Gasteiger partial charge >= 0.3 is 0 Å². The molecular weight excluding hydrogens is 342 g/mol. The van der Waals surface area contributed by atoms with Gasteiger partial charge < -0.3 is 18.9 Å². The van der Waals surface area contributed by atoms with Gasteiger partial charge in [0.2, 0.25) is 5.89 Å². The normalized spacial score (nSPS) is 20.1. The maximum Gasteiger partial charge on any atom is 0.267 e. The van der Waals surface area contributed by atoms with E-state index in [2.05, 4.69) is 10.1 Å². The molecule has 2 aliphatic heterocycles. The fraction of sp³-hybridized carbons (Fsp3) is 0.588. The standard InChI is InChI=1S/C17H21N3O4S/c1-10(2)15-18-16(24-19-15)11-4-3-5-20(8-11)17(21)14-13-12(9-25-14)22-6-7-23-13/h9-11H,3-8H2,1-2H3/t11-/m1/s1. The number of carbonyl (C=O) groups excluding carboxylic acids is 1. The molecule has 7 nitrogen and oxygen atoms in total. The minimum atomic E-state index is -0.00921. The fourth-order valence-corrected chi connectivity index (χ4v) is 4.06. The average molecular weight is 363 g/mol. The number of ether oxygens (including phenoxy) is 2. The molecular formula is C17H21N3O4S. The highest BCUT2D eigenvalue weighted by Gasteiger charge is 2.32. The van der Waals surface area contributed by atoms with Crippen molar-refractivity contribution >= 4 is 17.2 Å². The highest BCUT2D eigenvalue weighted by atomic mass is 32.1. The molecule has 2 aromatic heterocycles. The Morgan fingerprint density at radius 3 is 3.00 bits per heavy atom. The number of aromatic nitrogens is 2. The summed E-state index contributed by atoms with van der Waals surface area (Å²) in [7, 11) is 0. The minimum Gasteiger partial charge on any atom is -0.485 e. The van der Waals surface area contributed by atoms with E-state index in [4.69, 9.17) is 14.0 Å². The lowest BCUT2D eigenvalue weighted by Crippen LogP contribution is -2.39. The lowest BCUT2D eigenvalue weighted by molar-refractivity contribution is 0.0692. The van der Waals surface area contributed by atoms with E-state index in [9.17, 15) is 4.79 Å². The predicted octanol–water partition coefficient (Wildman–Crippen LogP) is 3.05. The van der Waals surface area contributed by atoms with Gasteiger partial charge in [-0.05, 0) is 12.8 Å². The SMILES string of the molecule is CC(C)c1noc([C@@H]2CCCN(C(=O)c3scc4c3OCCO4)C2)n1. The highest BCUT2D eigenvalue weighted by molar-refractivity contribution is 7.12. The number of fused-ring (bicyclic) bond motifs is 1. The number of hydrogen-bond donors (Lipinski definition) is 0. The molecule has 25 heavy (non-hydrogen) atoms. The zero-order chi connectivity index (χ0) is 17.4. The van der Waals surface area contributed by atoms with Crippen LogP contribution in [-0.2, 0) is 0 Å². The van der Waals surface area contributed by atoms with Gasteiger partial charge in [-0.3, -0.25) is 4.79 Å². The summed E-state index contributed by atoms with van der Waals surface area (Å²) in [6, 6.07) is 0. The molecule has 1 fully saturated rings. The first-order valence-corrected chi connectivity index (χ1v) is 9.51. The van der Waals surface area contributed by atoms with E-state index in [1.54, 1.807) is 0 Å². The van der Waals surface area contributed by atoms with Crippen molar-refractivity contribution < 1.29 is 18.8 Å². The molecule has 4 heterocycles. The molecule has 0 spiro atoms. The van der Waals surface area contributed by atoms with E-state index in [1.165, 1.54) is 11.3 Å². The minimum absolute atomic E-state index is 0.00921. The number of piperidine rings is 1. The van der Waals surface area contributed by atoms with Crippen molar-refractivity contribution in [3.8, 4) is 11.5 Å². The van der Waals surface area contributed by atoms with Crippen LogP contribution in [0.2, 0.25) is 0 Å². The van der Waals surface area contributed by atoms with Crippen LogP contribution in [0.5, 0.6) is 11.5 Å². The zero-order valence-corrected chi connectivity index (χ0v) is 15.2. The van der Waals surface area contributed by atoms with E-state index in [1.807, 2.05) is 24.1 Å². The molecule has 0 saturated carbocycles. The van der Waals surface area contributed by atoms with E-state index < -0.39 is 0 Å². The number of nitrogens with zero attached hydrogens (tertiary/aromatic N) is 3. The van der Waals surface area contributed by atoms with Gasteiger partial charge in [0.15, 0.2) is 17.3 Å². The lowest BCUT2D eigenvalue weighted by Gasteiger charge is -2.31. The molecule has 1 atom stereocenters. The van der Waals surface area contributed by atoms with Crippen LogP contribution < -0.4 is 9.47 Å². The number of amides is 1. The van der Waals surface area contributed by atoms with E-state index >= 15 is 0 Å². The summed E-state index contributed by atoms with van der Waals surface area (Å²) in [4.78, 5) is 19.9. The molecule has 0 unspecified atom stereocenters. The molecule has 1 saturated heterocycles. The number of carbonyl (C=O) groups is 1. The number of thiophene rings is 1. The monoisotopic (exact) mass is 363 g/mol. The summed E-state index contributed by atoms with van der Waals surface area (Å²) in [5, 5.41) is 5.89. The van der Waals surface area contributed by atoms with E-state index in [0.29, 0.717) is 42.0 Å². The van der Waals surface area contributed by atoms with Gasteiger partial charge in [0, 0.05) is 24.4 Å². The van der Waals surface area contributed by atoms with Gasteiger partial charge in [-0.2, -0.15) is 4.98 Å². The van der Waals surface area contributed by atoms with Crippen LogP contribution in [0.1, 0.15) is 59.9 Å². The van der Waals surface area contributed by atoms with Gasteiger partial charge in [-0.25, -0.2) is 0 Å². The molecule has 4 rings (SSSR count). The summed E-state index contributed by atoms with van der Waals surface area (Å²) in [5.74, 6) is 2.92. The summed E-state index contributed by atoms with van der Waals surface area (Å²) in [6.45, 7) is 6.39. The molecule has 1 amide bonds. The van der Waals surface area contributed by atoms with Gasteiger partial charge in [-0.15, -0.1) is 11.3 Å². The fourth-order valence-electron chi connectivity index (χ4n) is 3.16. The Bertz CT molecular complexity index is 770. The van der Waals surface area contributed by atoms with Crippen molar-refractivity contribution in [2.24, 2.45) is 0 Å². The molecule has 0 N–H and O–H groups in total. The maximum atomic E-state index is 13.0. The van der Waals surface area contributed by atoms with Crippen LogP contribution in [0.3, 0.4) is 0 Å². The first-order valence-electron chi connectivity index (χ1n) is 8.63. The van der Waals surface area contributed by atoms with Crippen LogP contribution in [0, 0.1) is 0 Å². The number of hydrogen-bond acceptors (Lipinski definition) is 7. The van der Waals surface area contributed by atoms with Crippen molar-refractivity contribution in [3.63, 3.8) is 0 Å². The third kappa shape index (κ3) is 3.10. The van der Waals surface area contributed by atoms with Crippen molar-refractivity contribution in [2.45, 2.75) is 38.5 Å². The molecule has 0 aromatic carbocycles. The van der Waals surface area contributed by atoms with Crippen molar-refractivity contribution in [1.82, 2.24) is 15.0 Å². The summed E-state index contributed by atoms with van der Waals surface area (Å²) in [6.07, 6.45) is 1.87. The van der Waals surface area contributed by atoms with Crippen LogP contribution >= 0.6 is 11.3 Å². The molecule has 0 bridgehead atoms. The quantitative estimate of drug-likeness (QED) is 0.834. The zero-order valence-electron chi connectivity index (χ0n) is 14.4. The van der Waals surface area contributed by atoms with Crippen LogP contribution in [0.15, 0.2) is 9.90 Å². The van der Waals surface area contributed by atoms with Crippen LogP contribution in [0.25, 0.3) is 0 Å². The maximum absolute atomic E-state index is 13.0. The molecule has 2 aliphatic rings. The van der Waals surface area contributed by atoms with Crippen LogP contribution in [0.4, 0.5) is 0 Å². The first-order chi connectivity index (χ1) is 12.1. The summed E-state index contributed by atoms with van der Waals surface area (Å²) < 4.78 is 16.6. The lowest BCUT2D eigenvalue weighted by atomic mass is 9.97. The van der Waals surface area contributed by atoms with E-state index in [-0.39, 0.29) is 17.7 Å². The Kier molecular flexibility index (Phi) is 4.37. The van der Waals surface area contributed by atoms with E-state index in [0.717, 1.165) is 25.2 Å². The highest BCUT2D eigenvalue weighted by Crippen LogP contribution is 2.40. The van der Waals surface area contributed by atoms with Gasteiger partial charge in [0.05, 0.1) is 5.92 Å². The third-order valence-corrected chi connectivity index (χ3v) is 5.45. The Morgan fingerprint density at radius 2 is 2.20 bits per heavy atom. The Morgan fingerprint density at radius 1 is 1.36 bits per heavy atom. The Labute approximate surface area is 149 Å². The molecule has 0 aliphatic carbocycles. The molecule has 8 heteroatoms. The summed E-state index contributed by atoms with van der Waals surface area (Å²) >= 11 is 1.38. The number of likely N-dealkylation sites (tertiary alicyclic amines) is 1.